The van der Waals surface area contributed by atoms with E-state index >= 15 is 0 Å². The molecule has 31 heavy (non-hydrogen) atoms. The molecule has 2 aromatic rings. The Hall–Kier alpha value is -2.18. The maximum atomic E-state index is 14.6. The summed E-state index contributed by atoms with van der Waals surface area (Å²) in [6.45, 7) is 2.22. The second-order valence-corrected chi connectivity index (χ2v) is 8.31. The second kappa shape index (κ2) is 9.96. The predicted octanol–water partition coefficient (Wildman–Crippen LogP) is 8.21. The fourth-order valence-electron chi connectivity index (χ4n) is 4.43. The first-order valence-electron chi connectivity index (χ1n) is 10.7. The van der Waals surface area contributed by atoms with E-state index in [1.165, 1.54) is 44.2 Å². The summed E-state index contributed by atoms with van der Waals surface area (Å²) in [4.78, 5) is 0. The van der Waals surface area contributed by atoms with Crippen LogP contribution in [0.25, 0.3) is 11.1 Å². The molecular formula is C24H26F6O. The molecule has 1 aliphatic rings. The van der Waals surface area contributed by atoms with E-state index in [9.17, 15) is 26.3 Å². The van der Waals surface area contributed by atoms with Crippen molar-refractivity contribution in [3.63, 3.8) is 0 Å². The van der Waals surface area contributed by atoms with Crippen molar-refractivity contribution in [1.82, 2.24) is 0 Å². The lowest BCUT2D eigenvalue weighted by molar-refractivity contribution is -0.275. The SMILES string of the molecule is CCC1CCC(CCCc2cc(F)c(-c3ccc(OC(F)(F)F)c(F)c3)c(F)c2)CC1. The van der Waals surface area contributed by atoms with Crippen LogP contribution >= 0.6 is 0 Å². The van der Waals surface area contributed by atoms with E-state index in [1.54, 1.807) is 0 Å². The van der Waals surface area contributed by atoms with Gasteiger partial charge in [0, 0.05) is 0 Å². The van der Waals surface area contributed by atoms with Gasteiger partial charge in [-0.2, -0.15) is 0 Å². The molecule has 0 saturated heterocycles. The summed E-state index contributed by atoms with van der Waals surface area (Å²) >= 11 is 0. The van der Waals surface area contributed by atoms with Crippen molar-refractivity contribution < 1.29 is 31.1 Å². The molecule has 0 bridgehead atoms. The second-order valence-electron chi connectivity index (χ2n) is 8.31. The molecule has 0 spiro atoms. The summed E-state index contributed by atoms with van der Waals surface area (Å²) in [6.07, 6.45) is 3.47. The standard InChI is InChI=1S/C24H26F6O/c1-2-15-6-8-16(9-7-15)4-3-5-17-12-20(26)23(21(27)13-17)18-10-11-22(19(25)14-18)31-24(28,29)30/h10-16H,2-9H2,1H3. The number of alkyl halides is 3. The molecule has 1 nitrogen and oxygen atoms in total. The molecule has 0 N–H and O–H groups in total. The maximum absolute atomic E-state index is 14.6. The lowest BCUT2D eigenvalue weighted by Gasteiger charge is -2.27. The first-order chi connectivity index (χ1) is 14.7. The van der Waals surface area contributed by atoms with Crippen LogP contribution in [0.1, 0.15) is 57.4 Å². The Morgan fingerprint density at radius 3 is 2.03 bits per heavy atom. The average molecular weight is 444 g/mol. The van der Waals surface area contributed by atoms with Gasteiger partial charge in [-0.3, -0.25) is 0 Å². The molecule has 0 atom stereocenters. The van der Waals surface area contributed by atoms with E-state index in [4.69, 9.17) is 0 Å². The number of halogens is 6. The van der Waals surface area contributed by atoms with Crippen LogP contribution in [0.5, 0.6) is 5.75 Å². The minimum atomic E-state index is -5.06. The van der Waals surface area contributed by atoms with Gasteiger partial charge < -0.3 is 4.74 Å². The molecule has 0 unspecified atom stereocenters. The minimum Gasteiger partial charge on any atom is -0.403 e. The summed E-state index contributed by atoms with van der Waals surface area (Å²) in [5.74, 6) is -2.66. The van der Waals surface area contributed by atoms with Crippen molar-refractivity contribution in [2.45, 2.75) is 64.7 Å². The van der Waals surface area contributed by atoms with Crippen molar-refractivity contribution in [3.8, 4) is 16.9 Å². The number of ether oxygens (including phenoxy) is 1. The number of hydrogen-bond acceptors (Lipinski definition) is 1. The minimum absolute atomic E-state index is 0.193. The Kier molecular flexibility index (Phi) is 7.55. The lowest BCUT2D eigenvalue weighted by atomic mass is 9.79. The highest BCUT2D eigenvalue weighted by molar-refractivity contribution is 5.66. The van der Waals surface area contributed by atoms with E-state index < -0.39 is 35.1 Å². The number of benzene rings is 2. The first kappa shape index (κ1) is 23.5. The van der Waals surface area contributed by atoms with E-state index in [1.807, 2.05) is 0 Å². The van der Waals surface area contributed by atoms with Crippen LogP contribution < -0.4 is 4.74 Å². The number of hydrogen-bond donors (Lipinski definition) is 0. The van der Waals surface area contributed by atoms with Crippen LogP contribution in [0, 0.1) is 29.3 Å². The Morgan fingerprint density at radius 1 is 0.871 bits per heavy atom. The van der Waals surface area contributed by atoms with Crippen LogP contribution in [-0.4, -0.2) is 6.36 Å². The van der Waals surface area contributed by atoms with Crippen molar-refractivity contribution in [1.29, 1.82) is 0 Å². The zero-order valence-corrected chi connectivity index (χ0v) is 17.4. The Morgan fingerprint density at radius 2 is 1.48 bits per heavy atom. The van der Waals surface area contributed by atoms with Crippen LogP contribution in [0.15, 0.2) is 30.3 Å². The van der Waals surface area contributed by atoms with Crippen molar-refractivity contribution in [2.75, 3.05) is 0 Å². The summed E-state index contributed by atoms with van der Waals surface area (Å²) in [6, 6.07) is 4.76. The summed E-state index contributed by atoms with van der Waals surface area (Å²) in [7, 11) is 0. The lowest BCUT2D eigenvalue weighted by Crippen LogP contribution is -2.17. The normalized spacial score (nSPS) is 19.5. The highest BCUT2D eigenvalue weighted by Crippen LogP contribution is 2.35. The Bertz CT molecular complexity index is 861. The van der Waals surface area contributed by atoms with Gasteiger partial charge in [-0.1, -0.05) is 51.5 Å². The third-order valence-electron chi connectivity index (χ3n) is 6.17. The van der Waals surface area contributed by atoms with Gasteiger partial charge >= 0.3 is 6.36 Å². The fourth-order valence-corrected chi connectivity index (χ4v) is 4.43. The van der Waals surface area contributed by atoms with E-state index in [2.05, 4.69) is 11.7 Å². The number of rotatable bonds is 7. The molecule has 1 aliphatic carbocycles. The largest absolute Gasteiger partial charge is 0.573 e. The highest BCUT2D eigenvalue weighted by atomic mass is 19.4. The Labute approximate surface area is 178 Å². The predicted molar refractivity (Wildman–Crippen MR) is 107 cm³/mol. The molecule has 2 aromatic carbocycles. The summed E-state index contributed by atoms with van der Waals surface area (Å²) < 4.78 is 83.4. The zero-order valence-electron chi connectivity index (χ0n) is 17.4. The van der Waals surface area contributed by atoms with Gasteiger partial charge in [0.1, 0.15) is 11.6 Å². The van der Waals surface area contributed by atoms with Crippen LogP contribution in [0.3, 0.4) is 0 Å². The van der Waals surface area contributed by atoms with Gasteiger partial charge in [-0.15, -0.1) is 13.2 Å². The molecule has 1 saturated carbocycles. The zero-order chi connectivity index (χ0) is 22.6. The summed E-state index contributed by atoms with van der Waals surface area (Å²) in [5.41, 5.74) is -0.154. The van der Waals surface area contributed by atoms with E-state index in [0.29, 0.717) is 30.0 Å². The van der Waals surface area contributed by atoms with Crippen molar-refractivity contribution in [2.24, 2.45) is 11.8 Å². The van der Waals surface area contributed by atoms with Crippen LogP contribution in [-0.2, 0) is 6.42 Å². The molecule has 0 aromatic heterocycles. The third kappa shape index (κ3) is 6.40. The Balaban J connectivity index is 1.64. The van der Waals surface area contributed by atoms with Crippen LogP contribution in [0.2, 0.25) is 0 Å². The molecule has 0 heterocycles. The van der Waals surface area contributed by atoms with Crippen LogP contribution in [0.4, 0.5) is 26.3 Å². The molecule has 3 rings (SSSR count). The molecule has 0 aliphatic heterocycles. The third-order valence-corrected chi connectivity index (χ3v) is 6.17. The highest BCUT2D eigenvalue weighted by Gasteiger charge is 2.32. The van der Waals surface area contributed by atoms with E-state index in [0.717, 1.165) is 24.8 Å². The average Bonchev–Trinajstić information content (AvgIpc) is 2.69. The topological polar surface area (TPSA) is 9.23 Å². The molecule has 0 amide bonds. The monoisotopic (exact) mass is 444 g/mol. The van der Waals surface area contributed by atoms with Crippen molar-refractivity contribution in [3.05, 3.63) is 53.3 Å². The molecule has 7 heteroatoms. The molecular weight excluding hydrogens is 418 g/mol. The summed E-state index contributed by atoms with van der Waals surface area (Å²) in [5, 5.41) is 0. The maximum Gasteiger partial charge on any atom is 0.573 e. The smallest absolute Gasteiger partial charge is 0.403 e. The van der Waals surface area contributed by atoms with Gasteiger partial charge in [0.25, 0.3) is 0 Å². The quantitative estimate of drug-likeness (QED) is 0.391. The van der Waals surface area contributed by atoms with E-state index in [-0.39, 0.29) is 5.56 Å². The van der Waals surface area contributed by atoms with Gasteiger partial charge in [0.2, 0.25) is 0 Å². The van der Waals surface area contributed by atoms with Gasteiger partial charge in [-0.25, -0.2) is 13.2 Å². The fraction of sp³-hybridized carbons (Fsp3) is 0.500. The van der Waals surface area contributed by atoms with Gasteiger partial charge in [0.05, 0.1) is 5.56 Å². The molecule has 170 valence electrons. The molecule has 1 fully saturated rings. The van der Waals surface area contributed by atoms with Crippen molar-refractivity contribution >= 4 is 0 Å². The first-order valence-corrected chi connectivity index (χ1v) is 10.7. The van der Waals surface area contributed by atoms with Gasteiger partial charge in [-0.05, 0) is 60.1 Å². The van der Waals surface area contributed by atoms with Gasteiger partial charge in [0.15, 0.2) is 11.6 Å². The number of aryl methyl sites for hydroxylation is 1. The molecule has 0 radical (unpaired) electrons.